The van der Waals surface area contributed by atoms with Gasteiger partial charge in [0.15, 0.2) is 0 Å². The summed E-state index contributed by atoms with van der Waals surface area (Å²) in [6.45, 7) is 9.17. The fourth-order valence-corrected chi connectivity index (χ4v) is 2.40. The van der Waals surface area contributed by atoms with Gasteiger partial charge >= 0.3 is 0 Å². The summed E-state index contributed by atoms with van der Waals surface area (Å²) in [5.74, 6) is 0.949. The van der Waals surface area contributed by atoms with Gasteiger partial charge in [-0.3, -0.25) is 4.98 Å². The van der Waals surface area contributed by atoms with Crippen molar-refractivity contribution in [3.05, 3.63) is 23.0 Å². The number of likely N-dealkylation sites (N-methyl/N-ethyl adjacent to an activating group) is 1. The topological polar surface area (TPSA) is 40.6 Å². The lowest BCUT2D eigenvalue weighted by Crippen LogP contribution is -2.50. The second kappa shape index (κ2) is 6.32. The maximum absolute atomic E-state index is 5.43. The summed E-state index contributed by atoms with van der Waals surface area (Å²) in [4.78, 5) is 6.85. The molecule has 0 amide bonds. The molecular weight excluding hydrogens is 240 g/mol. The number of nitrogens with zero attached hydrogens (tertiary/aromatic N) is 3. The number of piperazine rings is 1. The first-order valence-electron chi connectivity index (χ1n) is 6.78. The van der Waals surface area contributed by atoms with Crippen LogP contribution in [0, 0.1) is 13.8 Å². The van der Waals surface area contributed by atoms with Crippen LogP contribution in [0.15, 0.2) is 6.20 Å². The van der Waals surface area contributed by atoms with Gasteiger partial charge in [0.2, 0.25) is 0 Å². The highest BCUT2D eigenvalue weighted by atomic mass is 16.5. The average Bonchev–Trinajstić information content (AvgIpc) is 2.40. The molecule has 2 rings (SSSR count). The normalized spacial score (nSPS) is 17.7. The molecule has 0 aliphatic carbocycles. The Morgan fingerprint density at radius 2 is 1.95 bits per heavy atom. The minimum absolute atomic E-state index is 0.756. The molecule has 0 aromatic carbocycles. The Labute approximate surface area is 115 Å². The van der Waals surface area contributed by atoms with E-state index in [2.05, 4.69) is 34.3 Å². The van der Waals surface area contributed by atoms with Crippen LogP contribution in [0.25, 0.3) is 0 Å². The largest absolute Gasteiger partial charge is 0.496 e. The minimum Gasteiger partial charge on any atom is -0.496 e. The Morgan fingerprint density at radius 3 is 2.58 bits per heavy atom. The monoisotopic (exact) mass is 264 g/mol. The summed E-state index contributed by atoms with van der Waals surface area (Å²) in [5.41, 5.74) is 6.73. The van der Waals surface area contributed by atoms with E-state index in [1.54, 1.807) is 7.11 Å². The van der Waals surface area contributed by atoms with Crippen molar-refractivity contribution >= 4 is 0 Å². The summed E-state index contributed by atoms with van der Waals surface area (Å²) >= 11 is 0. The molecule has 0 atom stereocenters. The molecule has 0 radical (unpaired) electrons. The van der Waals surface area contributed by atoms with Crippen molar-refractivity contribution in [2.24, 2.45) is 0 Å². The third-order valence-corrected chi connectivity index (χ3v) is 3.72. The number of aromatic nitrogens is 1. The van der Waals surface area contributed by atoms with Gasteiger partial charge < -0.3 is 9.64 Å². The van der Waals surface area contributed by atoms with Gasteiger partial charge in [-0.05, 0) is 20.9 Å². The quantitative estimate of drug-likeness (QED) is 0.877. The number of nitrogens with one attached hydrogen (secondary N) is 1. The maximum atomic E-state index is 5.43. The number of hydrogen-bond donors (Lipinski definition) is 1. The van der Waals surface area contributed by atoms with Crippen LogP contribution >= 0.6 is 0 Å². The molecule has 0 saturated carbocycles. The second-order valence-corrected chi connectivity index (χ2v) is 5.17. The molecule has 2 heterocycles. The van der Waals surface area contributed by atoms with Crippen LogP contribution in [0.1, 0.15) is 16.8 Å². The highest BCUT2D eigenvalue weighted by molar-refractivity contribution is 5.40. The fraction of sp³-hybridized carbons (Fsp3) is 0.643. The molecule has 5 heteroatoms. The van der Waals surface area contributed by atoms with Gasteiger partial charge in [0.1, 0.15) is 5.75 Å². The first kappa shape index (κ1) is 14.2. The number of hydrogen-bond acceptors (Lipinski definition) is 5. The van der Waals surface area contributed by atoms with Crippen LogP contribution in [0.5, 0.6) is 5.75 Å². The summed E-state index contributed by atoms with van der Waals surface area (Å²) < 4.78 is 5.43. The van der Waals surface area contributed by atoms with Gasteiger partial charge in [0, 0.05) is 43.5 Å². The van der Waals surface area contributed by atoms with E-state index >= 15 is 0 Å². The number of ether oxygens (including phenoxy) is 1. The predicted molar refractivity (Wildman–Crippen MR) is 76.2 cm³/mol. The maximum Gasteiger partial charge on any atom is 0.128 e. The highest BCUT2D eigenvalue weighted by Gasteiger charge is 2.14. The molecule has 1 aliphatic rings. The fourth-order valence-electron chi connectivity index (χ4n) is 2.40. The van der Waals surface area contributed by atoms with E-state index in [0.29, 0.717) is 0 Å². The number of pyridine rings is 1. The summed E-state index contributed by atoms with van der Waals surface area (Å²) in [6, 6.07) is 0. The first-order valence-corrected chi connectivity index (χ1v) is 6.78. The molecule has 19 heavy (non-hydrogen) atoms. The SMILES string of the molecule is COc1c(C)cnc(CNN2CCN(C)CC2)c1C. The van der Waals surface area contributed by atoms with Gasteiger partial charge in [0.25, 0.3) is 0 Å². The summed E-state index contributed by atoms with van der Waals surface area (Å²) in [6.07, 6.45) is 1.88. The zero-order valence-electron chi connectivity index (χ0n) is 12.4. The van der Waals surface area contributed by atoms with Crippen molar-refractivity contribution < 1.29 is 4.74 Å². The molecule has 0 bridgehead atoms. The molecule has 0 spiro atoms. The van der Waals surface area contributed by atoms with Crippen molar-refractivity contribution in [1.29, 1.82) is 0 Å². The van der Waals surface area contributed by atoms with E-state index in [1.807, 2.05) is 13.1 Å². The van der Waals surface area contributed by atoms with Gasteiger partial charge in [-0.25, -0.2) is 10.4 Å². The second-order valence-electron chi connectivity index (χ2n) is 5.17. The van der Waals surface area contributed by atoms with Crippen LogP contribution < -0.4 is 10.2 Å². The molecule has 106 valence electrons. The van der Waals surface area contributed by atoms with Gasteiger partial charge in [0.05, 0.1) is 19.3 Å². The van der Waals surface area contributed by atoms with Crippen LogP contribution in [0.3, 0.4) is 0 Å². The van der Waals surface area contributed by atoms with Crippen molar-refractivity contribution in [3.63, 3.8) is 0 Å². The van der Waals surface area contributed by atoms with Crippen LogP contribution in [0.2, 0.25) is 0 Å². The standard InChI is InChI=1S/C14H24N4O/c1-11-9-15-13(12(2)14(11)19-4)10-16-18-7-5-17(3)6-8-18/h9,16H,5-8,10H2,1-4H3. The number of hydrazine groups is 1. The van der Waals surface area contributed by atoms with E-state index in [-0.39, 0.29) is 0 Å². The molecule has 1 aromatic rings. The van der Waals surface area contributed by atoms with Crippen LogP contribution in [0.4, 0.5) is 0 Å². The predicted octanol–water partition coefficient (Wildman–Crippen LogP) is 0.959. The molecular formula is C14H24N4O. The van der Waals surface area contributed by atoms with E-state index in [4.69, 9.17) is 4.74 Å². The molecule has 1 fully saturated rings. The zero-order chi connectivity index (χ0) is 13.8. The number of rotatable bonds is 4. The highest BCUT2D eigenvalue weighted by Crippen LogP contribution is 2.23. The van der Waals surface area contributed by atoms with Gasteiger partial charge in [-0.1, -0.05) is 0 Å². The molecule has 1 aliphatic heterocycles. The molecule has 1 aromatic heterocycles. The van der Waals surface area contributed by atoms with Gasteiger partial charge in [-0.15, -0.1) is 0 Å². The summed E-state index contributed by atoms with van der Waals surface area (Å²) in [7, 11) is 3.88. The van der Waals surface area contributed by atoms with E-state index in [1.165, 1.54) is 0 Å². The minimum atomic E-state index is 0.756. The number of aryl methyl sites for hydroxylation is 1. The van der Waals surface area contributed by atoms with Crippen LogP contribution in [-0.4, -0.2) is 55.2 Å². The van der Waals surface area contributed by atoms with E-state index in [0.717, 1.165) is 55.3 Å². The van der Waals surface area contributed by atoms with Gasteiger partial charge in [-0.2, -0.15) is 0 Å². The summed E-state index contributed by atoms with van der Waals surface area (Å²) in [5, 5.41) is 2.27. The lowest BCUT2D eigenvalue weighted by molar-refractivity contribution is 0.101. The molecule has 1 saturated heterocycles. The lowest BCUT2D eigenvalue weighted by Gasteiger charge is -2.32. The van der Waals surface area contributed by atoms with Crippen molar-refractivity contribution in [3.8, 4) is 5.75 Å². The van der Waals surface area contributed by atoms with Crippen molar-refractivity contribution in [2.45, 2.75) is 20.4 Å². The van der Waals surface area contributed by atoms with Crippen LogP contribution in [-0.2, 0) is 6.54 Å². The average molecular weight is 264 g/mol. The third-order valence-electron chi connectivity index (χ3n) is 3.72. The van der Waals surface area contributed by atoms with E-state index < -0.39 is 0 Å². The van der Waals surface area contributed by atoms with Crippen molar-refractivity contribution in [2.75, 3.05) is 40.3 Å². The smallest absolute Gasteiger partial charge is 0.128 e. The molecule has 1 N–H and O–H groups in total. The van der Waals surface area contributed by atoms with Crippen molar-refractivity contribution in [1.82, 2.24) is 20.3 Å². The lowest BCUT2D eigenvalue weighted by atomic mass is 10.1. The Hall–Kier alpha value is -1.17. The molecule has 0 unspecified atom stereocenters. The third kappa shape index (κ3) is 3.43. The molecule has 5 nitrogen and oxygen atoms in total. The Balaban J connectivity index is 1.96. The van der Waals surface area contributed by atoms with E-state index in [9.17, 15) is 0 Å². The number of methoxy groups -OCH3 is 1. The zero-order valence-corrected chi connectivity index (χ0v) is 12.4. The first-order chi connectivity index (χ1) is 9.11. The Morgan fingerprint density at radius 1 is 1.26 bits per heavy atom. The Bertz CT molecular complexity index is 428. The Kier molecular flexibility index (Phi) is 4.74.